The van der Waals surface area contributed by atoms with Crippen LogP contribution in [-0.4, -0.2) is 37.4 Å². The largest absolute Gasteiger partial charge is 0.481 e. The molecule has 0 radical (unpaired) electrons. The number of rotatable bonds is 2. The van der Waals surface area contributed by atoms with Gasteiger partial charge in [0.25, 0.3) is 0 Å². The predicted octanol–water partition coefficient (Wildman–Crippen LogP) is 1.56. The quantitative estimate of drug-likeness (QED) is 0.886. The van der Waals surface area contributed by atoms with E-state index in [9.17, 15) is 14.7 Å². The molecule has 1 saturated heterocycles. The maximum Gasteiger partial charge on any atom is 0.309 e. The molecule has 20 heavy (non-hydrogen) atoms. The van der Waals surface area contributed by atoms with Gasteiger partial charge in [0.05, 0.1) is 17.7 Å². The first-order valence-electron chi connectivity index (χ1n) is 6.56. The van der Waals surface area contributed by atoms with Crippen LogP contribution in [-0.2, 0) is 9.59 Å². The second-order valence-corrected chi connectivity index (χ2v) is 6.06. The van der Waals surface area contributed by atoms with Gasteiger partial charge in [0.2, 0.25) is 5.91 Å². The van der Waals surface area contributed by atoms with Crippen molar-refractivity contribution in [3.63, 3.8) is 0 Å². The highest BCUT2D eigenvalue weighted by Crippen LogP contribution is 2.41. The van der Waals surface area contributed by atoms with E-state index in [1.54, 1.807) is 24.1 Å². The molecule has 6 nitrogen and oxygen atoms in total. The van der Waals surface area contributed by atoms with Gasteiger partial charge in [-0.15, -0.1) is 0 Å². The summed E-state index contributed by atoms with van der Waals surface area (Å²) in [6.07, 6.45) is 1.61. The number of carbonyl (C=O) groups excluding carboxylic acids is 1. The minimum atomic E-state index is -0.966. The van der Waals surface area contributed by atoms with Crippen LogP contribution in [0.15, 0.2) is 12.3 Å². The van der Waals surface area contributed by atoms with E-state index < -0.39 is 23.5 Å². The topological polar surface area (TPSA) is 83.4 Å². The lowest BCUT2D eigenvalue weighted by Crippen LogP contribution is -2.44. The molecule has 0 saturated carbocycles. The van der Waals surface area contributed by atoms with Gasteiger partial charge in [0.15, 0.2) is 0 Å². The Morgan fingerprint density at radius 1 is 1.45 bits per heavy atom. The van der Waals surface area contributed by atoms with Crippen LogP contribution in [0.5, 0.6) is 0 Å². The summed E-state index contributed by atoms with van der Waals surface area (Å²) < 4.78 is 0. The van der Waals surface area contributed by atoms with E-state index in [0.717, 1.165) is 0 Å². The molecule has 0 aromatic carbocycles. The Morgan fingerprint density at radius 3 is 2.60 bits per heavy atom. The van der Waals surface area contributed by atoms with Gasteiger partial charge in [-0.05, 0) is 33.8 Å². The van der Waals surface area contributed by atoms with Crippen molar-refractivity contribution in [2.45, 2.75) is 45.7 Å². The second kappa shape index (κ2) is 4.85. The van der Waals surface area contributed by atoms with Crippen molar-refractivity contribution in [3.05, 3.63) is 23.8 Å². The molecule has 0 spiro atoms. The highest BCUT2D eigenvalue weighted by atomic mass is 16.4. The van der Waals surface area contributed by atoms with Crippen molar-refractivity contribution in [1.29, 1.82) is 0 Å². The molecule has 2 rings (SSSR count). The van der Waals surface area contributed by atoms with Crippen LogP contribution in [0.3, 0.4) is 0 Å². The number of nitrogens with zero attached hydrogens (tertiary/aromatic N) is 3. The summed E-state index contributed by atoms with van der Waals surface area (Å²) in [5, 5.41) is 9.39. The molecule has 2 heterocycles. The summed E-state index contributed by atoms with van der Waals surface area (Å²) >= 11 is 0. The van der Waals surface area contributed by atoms with Crippen LogP contribution in [0.4, 0.5) is 0 Å². The molecule has 1 aromatic heterocycles. The smallest absolute Gasteiger partial charge is 0.309 e. The minimum Gasteiger partial charge on any atom is -0.481 e. The molecule has 1 N–H and O–H groups in total. The number of likely N-dealkylation sites (tertiary alicyclic amines) is 1. The van der Waals surface area contributed by atoms with Gasteiger partial charge in [-0.2, -0.15) is 0 Å². The summed E-state index contributed by atoms with van der Waals surface area (Å²) in [4.78, 5) is 33.7. The summed E-state index contributed by atoms with van der Waals surface area (Å²) in [6.45, 7) is 7.44. The number of carboxylic acids is 1. The van der Waals surface area contributed by atoms with Crippen molar-refractivity contribution < 1.29 is 14.7 Å². The van der Waals surface area contributed by atoms with Crippen LogP contribution in [0.2, 0.25) is 0 Å². The molecular formula is C14H19N3O3. The Morgan fingerprint density at radius 2 is 2.10 bits per heavy atom. The number of aromatic nitrogens is 2. The first-order valence-corrected chi connectivity index (χ1v) is 6.56. The molecule has 2 unspecified atom stereocenters. The van der Waals surface area contributed by atoms with Crippen LogP contribution in [0.25, 0.3) is 0 Å². The fraction of sp³-hybridized carbons (Fsp3) is 0.571. The fourth-order valence-corrected chi connectivity index (χ4v) is 2.72. The molecule has 2 atom stereocenters. The van der Waals surface area contributed by atoms with Gasteiger partial charge < -0.3 is 10.0 Å². The standard InChI is InChI=1S/C14H19N3O3/c1-8-15-6-5-10(16-8)12-9(13(19)20)7-11(18)17(12)14(2,3)4/h5-6,9,12H,7H2,1-4H3,(H,19,20). The van der Waals surface area contributed by atoms with Crippen molar-refractivity contribution in [3.8, 4) is 0 Å². The number of hydrogen-bond acceptors (Lipinski definition) is 4. The number of hydrogen-bond donors (Lipinski definition) is 1. The van der Waals surface area contributed by atoms with Crippen molar-refractivity contribution in [2.24, 2.45) is 5.92 Å². The van der Waals surface area contributed by atoms with Crippen LogP contribution >= 0.6 is 0 Å². The van der Waals surface area contributed by atoms with E-state index >= 15 is 0 Å². The lowest BCUT2D eigenvalue weighted by Gasteiger charge is -2.37. The first-order chi connectivity index (χ1) is 9.21. The maximum atomic E-state index is 12.2. The highest BCUT2D eigenvalue weighted by molar-refractivity contribution is 5.87. The molecule has 1 aliphatic rings. The monoisotopic (exact) mass is 277 g/mol. The average Bonchev–Trinajstić information content (AvgIpc) is 2.66. The maximum absolute atomic E-state index is 12.2. The van der Waals surface area contributed by atoms with Gasteiger partial charge in [-0.3, -0.25) is 9.59 Å². The number of amides is 1. The molecule has 1 amide bonds. The lowest BCUT2D eigenvalue weighted by atomic mass is 9.95. The molecule has 108 valence electrons. The molecule has 1 aromatic rings. The lowest BCUT2D eigenvalue weighted by molar-refractivity contribution is -0.143. The normalized spacial score (nSPS) is 23.2. The van der Waals surface area contributed by atoms with E-state index in [0.29, 0.717) is 11.5 Å². The minimum absolute atomic E-state index is 0.0142. The molecule has 1 aliphatic heterocycles. The van der Waals surface area contributed by atoms with Gasteiger partial charge in [0.1, 0.15) is 5.82 Å². The van der Waals surface area contributed by atoms with E-state index in [2.05, 4.69) is 9.97 Å². The predicted molar refractivity (Wildman–Crippen MR) is 71.9 cm³/mol. The van der Waals surface area contributed by atoms with Crippen LogP contribution in [0.1, 0.15) is 44.8 Å². The Kier molecular flexibility index (Phi) is 3.50. The number of aliphatic carboxylic acids is 1. The third-order valence-electron chi connectivity index (χ3n) is 3.46. The van der Waals surface area contributed by atoms with Crippen molar-refractivity contribution in [2.75, 3.05) is 0 Å². The van der Waals surface area contributed by atoms with Gasteiger partial charge >= 0.3 is 5.97 Å². The number of aryl methyl sites for hydroxylation is 1. The molecule has 1 fully saturated rings. The zero-order valence-corrected chi connectivity index (χ0v) is 12.1. The zero-order chi connectivity index (χ0) is 15.1. The molecule has 0 bridgehead atoms. The van der Waals surface area contributed by atoms with Crippen molar-refractivity contribution >= 4 is 11.9 Å². The van der Waals surface area contributed by atoms with Gasteiger partial charge in [-0.25, -0.2) is 9.97 Å². The van der Waals surface area contributed by atoms with Gasteiger partial charge in [0, 0.05) is 18.2 Å². The summed E-state index contributed by atoms with van der Waals surface area (Å²) in [5.41, 5.74) is 0.135. The molecular weight excluding hydrogens is 258 g/mol. The third kappa shape index (κ3) is 2.50. The first kappa shape index (κ1) is 14.4. The van der Waals surface area contributed by atoms with E-state index in [-0.39, 0.29) is 12.3 Å². The SMILES string of the molecule is Cc1nccc(C2C(C(=O)O)CC(=O)N2C(C)(C)C)n1. The molecule has 6 heteroatoms. The zero-order valence-electron chi connectivity index (χ0n) is 12.1. The Labute approximate surface area is 117 Å². The number of carboxylic acid groups (broad SMARTS) is 1. The van der Waals surface area contributed by atoms with Crippen molar-refractivity contribution in [1.82, 2.24) is 14.9 Å². The van der Waals surface area contributed by atoms with Crippen LogP contribution in [0, 0.1) is 12.8 Å². The molecule has 0 aliphatic carbocycles. The van der Waals surface area contributed by atoms with Crippen LogP contribution < -0.4 is 0 Å². The summed E-state index contributed by atoms with van der Waals surface area (Å²) in [5.74, 6) is -1.31. The second-order valence-electron chi connectivity index (χ2n) is 6.06. The summed E-state index contributed by atoms with van der Waals surface area (Å²) in [6, 6.07) is 1.15. The van der Waals surface area contributed by atoms with E-state index in [1.807, 2.05) is 20.8 Å². The Hall–Kier alpha value is -1.98. The van der Waals surface area contributed by atoms with E-state index in [1.165, 1.54) is 0 Å². The Balaban J connectivity index is 2.52. The number of carbonyl (C=O) groups is 2. The third-order valence-corrected chi connectivity index (χ3v) is 3.46. The average molecular weight is 277 g/mol. The fourth-order valence-electron chi connectivity index (χ4n) is 2.72. The van der Waals surface area contributed by atoms with E-state index in [4.69, 9.17) is 0 Å². The highest BCUT2D eigenvalue weighted by Gasteiger charge is 2.49. The Bertz CT molecular complexity index is 551. The van der Waals surface area contributed by atoms with Gasteiger partial charge in [-0.1, -0.05) is 0 Å². The summed E-state index contributed by atoms with van der Waals surface area (Å²) in [7, 11) is 0.